The van der Waals surface area contributed by atoms with E-state index in [9.17, 15) is 4.39 Å². The van der Waals surface area contributed by atoms with Crippen LogP contribution in [0.3, 0.4) is 0 Å². The quantitative estimate of drug-likeness (QED) is 0.554. The van der Waals surface area contributed by atoms with Gasteiger partial charge in [-0.2, -0.15) is 0 Å². The molecule has 2 unspecified atom stereocenters. The van der Waals surface area contributed by atoms with Gasteiger partial charge in [-0.25, -0.2) is 9.37 Å². The highest BCUT2D eigenvalue weighted by Gasteiger charge is 2.26. The van der Waals surface area contributed by atoms with Crippen LogP contribution in [-0.4, -0.2) is 48.1 Å². The summed E-state index contributed by atoms with van der Waals surface area (Å²) < 4.78 is 14.0. The van der Waals surface area contributed by atoms with Crippen molar-refractivity contribution in [3.8, 4) is 0 Å². The van der Waals surface area contributed by atoms with Gasteiger partial charge < -0.3 is 15.5 Å². The maximum Gasteiger partial charge on any atom is 0.191 e. The molecule has 0 bridgehead atoms. The van der Waals surface area contributed by atoms with Crippen molar-refractivity contribution in [1.82, 2.24) is 20.6 Å². The van der Waals surface area contributed by atoms with Gasteiger partial charge in [-0.1, -0.05) is 19.9 Å². The fraction of sp³-hybridized carbons (Fsp3) is 0.500. The fourth-order valence-electron chi connectivity index (χ4n) is 3.68. The van der Waals surface area contributed by atoms with E-state index in [4.69, 9.17) is 4.99 Å². The van der Waals surface area contributed by atoms with Gasteiger partial charge in [0.25, 0.3) is 0 Å². The van der Waals surface area contributed by atoms with Gasteiger partial charge in [-0.3, -0.25) is 9.98 Å². The van der Waals surface area contributed by atoms with E-state index in [1.165, 1.54) is 11.6 Å². The van der Waals surface area contributed by atoms with Crippen molar-refractivity contribution in [1.29, 1.82) is 0 Å². The van der Waals surface area contributed by atoms with Crippen LogP contribution in [0.4, 0.5) is 10.2 Å². The van der Waals surface area contributed by atoms with Crippen molar-refractivity contribution in [3.05, 3.63) is 54.2 Å². The van der Waals surface area contributed by atoms with Gasteiger partial charge in [-0.05, 0) is 43.0 Å². The first-order valence-corrected chi connectivity index (χ1v) is 10.4. The molecular formula is C22H31FN6. The molecule has 0 aromatic carbocycles. The van der Waals surface area contributed by atoms with E-state index in [0.717, 1.165) is 25.5 Å². The molecule has 0 spiro atoms. The number of hydrogen-bond acceptors (Lipinski definition) is 4. The van der Waals surface area contributed by atoms with Crippen LogP contribution in [0.15, 0.2) is 47.8 Å². The second-order valence-corrected chi connectivity index (χ2v) is 7.74. The normalized spacial score (nSPS) is 18.2. The SMILES string of the molecule is CCNC(=NCC(c1cccnc1)C(C)C)NC1CCN(c2ncccc2F)C1. The first kappa shape index (κ1) is 21.0. The number of nitrogens with zero attached hydrogens (tertiary/aromatic N) is 4. The van der Waals surface area contributed by atoms with Gasteiger partial charge in [-0.15, -0.1) is 0 Å². The predicted molar refractivity (Wildman–Crippen MR) is 116 cm³/mol. The second kappa shape index (κ2) is 10.2. The Hall–Kier alpha value is -2.70. The molecule has 2 N–H and O–H groups in total. The van der Waals surface area contributed by atoms with Gasteiger partial charge in [0.15, 0.2) is 17.6 Å². The number of pyridine rings is 2. The Morgan fingerprint density at radius 3 is 2.83 bits per heavy atom. The second-order valence-electron chi connectivity index (χ2n) is 7.74. The number of halogens is 1. The third kappa shape index (κ3) is 5.65. The smallest absolute Gasteiger partial charge is 0.191 e. The van der Waals surface area contributed by atoms with Crippen LogP contribution in [0.2, 0.25) is 0 Å². The van der Waals surface area contributed by atoms with Crippen LogP contribution >= 0.6 is 0 Å². The Morgan fingerprint density at radius 2 is 2.14 bits per heavy atom. The molecule has 6 nitrogen and oxygen atoms in total. The maximum atomic E-state index is 14.0. The molecule has 7 heteroatoms. The number of hydrogen-bond donors (Lipinski definition) is 2. The Balaban J connectivity index is 1.64. The predicted octanol–water partition coefficient (Wildman–Crippen LogP) is 3.19. The minimum Gasteiger partial charge on any atom is -0.357 e. The van der Waals surface area contributed by atoms with Crippen molar-refractivity contribution in [2.45, 2.75) is 39.2 Å². The lowest BCUT2D eigenvalue weighted by Crippen LogP contribution is -2.45. The van der Waals surface area contributed by atoms with E-state index in [1.807, 2.05) is 17.2 Å². The summed E-state index contributed by atoms with van der Waals surface area (Å²) in [6, 6.07) is 7.36. The van der Waals surface area contributed by atoms with Crippen molar-refractivity contribution in [2.24, 2.45) is 10.9 Å². The Kier molecular flexibility index (Phi) is 7.38. The van der Waals surface area contributed by atoms with Crippen LogP contribution in [0.5, 0.6) is 0 Å². The summed E-state index contributed by atoms with van der Waals surface area (Å²) in [6.07, 6.45) is 6.27. The van der Waals surface area contributed by atoms with Crippen LogP contribution in [0, 0.1) is 11.7 Å². The van der Waals surface area contributed by atoms with Crippen LogP contribution in [0.25, 0.3) is 0 Å². The molecule has 3 rings (SSSR count). The Morgan fingerprint density at radius 1 is 1.31 bits per heavy atom. The van der Waals surface area contributed by atoms with Gasteiger partial charge >= 0.3 is 0 Å². The minimum atomic E-state index is -0.273. The molecule has 0 radical (unpaired) electrons. The number of aliphatic imine (C=N–C) groups is 1. The standard InChI is InChI=1S/C22H31FN6/c1-4-25-22(27-14-19(16(2)3)17-7-5-10-24-13-17)28-18-9-12-29(15-18)21-20(23)8-6-11-26-21/h5-8,10-11,13,16,18-19H,4,9,12,14-15H2,1-3H3,(H2,25,27,28). The first-order chi connectivity index (χ1) is 14.1. The van der Waals surface area contributed by atoms with Crippen molar-refractivity contribution >= 4 is 11.8 Å². The Bertz CT molecular complexity index is 795. The molecule has 1 saturated heterocycles. The van der Waals surface area contributed by atoms with Crippen molar-refractivity contribution in [3.63, 3.8) is 0 Å². The molecule has 156 valence electrons. The average molecular weight is 399 g/mol. The average Bonchev–Trinajstić information content (AvgIpc) is 3.17. The summed E-state index contributed by atoms with van der Waals surface area (Å²) in [5.74, 6) is 1.72. The maximum absolute atomic E-state index is 14.0. The van der Waals surface area contributed by atoms with Crippen LogP contribution in [0.1, 0.15) is 38.7 Å². The number of aromatic nitrogens is 2. The molecule has 1 aliphatic heterocycles. The molecule has 0 saturated carbocycles. The van der Waals surface area contributed by atoms with E-state index in [0.29, 0.717) is 30.7 Å². The molecule has 1 aliphatic rings. The molecular weight excluding hydrogens is 367 g/mol. The van der Waals surface area contributed by atoms with E-state index >= 15 is 0 Å². The molecule has 2 atom stereocenters. The van der Waals surface area contributed by atoms with Crippen LogP contribution < -0.4 is 15.5 Å². The topological polar surface area (TPSA) is 65.4 Å². The number of anilines is 1. The highest BCUT2D eigenvalue weighted by molar-refractivity contribution is 5.80. The third-order valence-corrected chi connectivity index (χ3v) is 5.28. The highest BCUT2D eigenvalue weighted by atomic mass is 19.1. The van der Waals surface area contributed by atoms with Gasteiger partial charge in [0.1, 0.15) is 0 Å². The number of nitrogens with one attached hydrogen (secondary N) is 2. The molecule has 2 aromatic heterocycles. The zero-order valence-electron chi connectivity index (χ0n) is 17.5. The fourth-order valence-corrected chi connectivity index (χ4v) is 3.68. The lowest BCUT2D eigenvalue weighted by atomic mass is 9.89. The monoisotopic (exact) mass is 398 g/mol. The third-order valence-electron chi connectivity index (χ3n) is 5.28. The van der Waals surface area contributed by atoms with E-state index in [-0.39, 0.29) is 11.9 Å². The summed E-state index contributed by atoms with van der Waals surface area (Å²) in [7, 11) is 0. The molecule has 3 heterocycles. The summed E-state index contributed by atoms with van der Waals surface area (Å²) in [5.41, 5.74) is 1.21. The van der Waals surface area contributed by atoms with Gasteiger partial charge in [0, 0.05) is 56.7 Å². The van der Waals surface area contributed by atoms with E-state index in [1.54, 1.807) is 18.5 Å². The Labute approximate surface area is 172 Å². The molecule has 2 aromatic rings. The lowest BCUT2D eigenvalue weighted by Gasteiger charge is -2.22. The van der Waals surface area contributed by atoms with Gasteiger partial charge in [0.2, 0.25) is 0 Å². The largest absolute Gasteiger partial charge is 0.357 e. The zero-order chi connectivity index (χ0) is 20.6. The van der Waals surface area contributed by atoms with Gasteiger partial charge in [0.05, 0.1) is 0 Å². The zero-order valence-corrected chi connectivity index (χ0v) is 17.5. The molecule has 29 heavy (non-hydrogen) atoms. The van der Waals surface area contributed by atoms with Crippen molar-refractivity contribution in [2.75, 3.05) is 31.1 Å². The highest BCUT2D eigenvalue weighted by Crippen LogP contribution is 2.24. The summed E-state index contributed by atoms with van der Waals surface area (Å²) >= 11 is 0. The molecule has 0 amide bonds. The summed E-state index contributed by atoms with van der Waals surface area (Å²) in [5, 5.41) is 6.85. The first-order valence-electron chi connectivity index (χ1n) is 10.4. The summed E-state index contributed by atoms with van der Waals surface area (Å²) in [6.45, 7) is 9.43. The van der Waals surface area contributed by atoms with Crippen molar-refractivity contribution < 1.29 is 4.39 Å². The number of rotatable bonds is 7. The molecule has 1 fully saturated rings. The molecule has 0 aliphatic carbocycles. The summed E-state index contributed by atoms with van der Waals surface area (Å²) in [4.78, 5) is 15.3. The lowest BCUT2D eigenvalue weighted by molar-refractivity contribution is 0.503. The van der Waals surface area contributed by atoms with E-state index < -0.39 is 0 Å². The minimum absolute atomic E-state index is 0.199. The van der Waals surface area contributed by atoms with Crippen LogP contribution in [-0.2, 0) is 0 Å². The van der Waals surface area contributed by atoms with E-state index in [2.05, 4.69) is 47.4 Å². The number of guanidine groups is 1.